The Kier molecular flexibility index (Phi) is 7.50. The van der Waals surface area contributed by atoms with Crippen LogP contribution in [0.2, 0.25) is 0 Å². The summed E-state index contributed by atoms with van der Waals surface area (Å²) in [7, 11) is 0. The second kappa shape index (κ2) is 8.37. The van der Waals surface area contributed by atoms with Crippen LogP contribution in [0.3, 0.4) is 0 Å². The number of nitrogens with zero attached hydrogens (tertiary/aromatic N) is 1. The molecule has 0 bridgehead atoms. The third-order valence-corrected chi connectivity index (χ3v) is 4.60. The van der Waals surface area contributed by atoms with Gasteiger partial charge in [0.1, 0.15) is 0 Å². The van der Waals surface area contributed by atoms with Gasteiger partial charge in [0.15, 0.2) is 0 Å². The van der Waals surface area contributed by atoms with Crippen molar-refractivity contribution in [1.82, 2.24) is 10.2 Å². The van der Waals surface area contributed by atoms with Crippen LogP contribution in [0.4, 0.5) is 0 Å². The molecule has 2 nitrogen and oxygen atoms in total. The van der Waals surface area contributed by atoms with Crippen molar-refractivity contribution in [2.24, 2.45) is 0 Å². The van der Waals surface area contributed by atoms with E-state index >= 15 is 0 Å². The van der Waals surface area contributed by atoms with E-state index in [0.717, 1.165) is 6.04 Å². The monoisotopic (exact) mass is 244 g/mol. The first-order chi connectivity index (χ1) is 7.77. The summed E-state index contributed by atoms with van der Waals surface area (Å²) in [6.45, 7) is 10.6. The number of nitrogens with one attached hydrogen (secondary N) is 1. The van der Waals surface area contributed by atoms with Gasteiger partial charge in [0.05, 0.1) is 0 Å². The molecule has 0 aromatic carbocycles. The summed E-state index contributed by atoms with van der Waals surface area (Å²) in [5, 5.41) is 3.64. The maximum Gasteiger partial charge on any atom is 0.0286 e. The average Bonchev–Trinajstić information content (AvgIpc) is 2.34. The molecule has 0 saturated carbocycles. The van der Waals surface area contributed by atoms with Crippen molar-refractivity contribution in [2.75, 3.05) is 31.1 Å². The van der Waals surface area contributed by atoms with Crippen LogP contribution in [0.1, 0.15) is 40.0 Å². The van der Waals surface area contributed by atoms with E-state index in [2.05, 4.69) is 42.7 Å². The molecule has 0 spiro atoms. The van der Waals surface area contributed by atoms with Gasteiger partial charge in [-0.2, -0.15) is 11.8 Å². The number of unbranched alkanes of at least 4 members (excludes halogenated alkanes) is 1. The molecule has 1 fully saturated rings. The molecule has 1 aliphatic rings. The van der Waals surface area contributed by atoms with Crippen LogP contribution in [0.15, 0.2) is 0 Å². The van der Waals surface area contributed by atoms with E-state index in [1.54, 1.807) is 0 Å². The minimum Gasteiger partial charge on any atom is -0.311 e. The fourth-order valence-corrected chi connectivity index (χ4v) is 3.07. The zero-order valence-electron chi connectivity index (χ0n) is 11.2. The van der Waals surface area contributed by atoms with Crippen LogP contribution in [0, 0.1) is 0 Å². The Labute approximate surface area is 106 Å². The molecule has 96 valence electrons. The highest BCUT2D eigenvalue weighted by molar-refractivity contribution is 7.99. The largest absolute Gasteiger partial charge is 0.311 e. The van der Waals surface area contributed by atoms with Crippen molar-refractivity contribution in [3.63, 3.8) is 0 Å². The van der Waals surface area contributed by atoms with Gasteiger partial charge in [-0.05, 0) is 26.3 Å². The second-order valence-electron chi connectivity index (χ2n) is 4.83. The van der Waals surface area contributed by atoms with E-state index < -0.39 is 0 Å². The normalized spacial score (nSPS) is 23.6. The molecule has 1 heterocycles. The van der Waals surface area contributed by atoms with Gasteiger partial charge in [0.2, 0.25) is 0 Å². The van der Waals surface area contributed by atoms with E-state index in [1.807, 2.05) is 0 Å². The highest BCUT2D eigenvalue weighted by Crippen LogP contribution is 2.12. The van der Waals surface area contributed by atoms with Crippen molar-refractivity contribution in [2.45, 2.75) is 52.1 Å². The van der Waals surface area contributed by atoms with Gasteiger partial charge in [-0.15, -0.1) is 0 Å². The molecular weight excluding hydrogens is 216 g/mol. The van der Waals surface area contributed by atoms with E-state index in [1.165, 1.54) is 50.4 Å². The SMILES string of the molecule is CCCCN(CC1CSCCN1)C(C)CC. The third kappa shape index (κ3) is 5.07. The van der Waals surface area contributed by atoms with Gasteiger partial charge < -0.3 is 5.32 Å². The Balaban J connectivity index is 2.34. The first-order valence-electron chi connectivity index (χ1n) is 6.83. The fourth-order valence-electron chi connectivity index (χ4n) is 2.13. The van der Waals surface area contributed by atoms with Crippen molar-refractivity contribution < 1.29 is 0 Å². The summed E-state index contributed by atoms with van der Waals surface area (Å²) in [5.74, 6) is 2.58. The van der Waals surface area contributed by atoms with Crippen LogP contribution in [-0.4, -0.2) is 48.1 Å². The van der Waals surface area contributed by atoms with E-state index in [4.69, 9.17) is 0 Å². The van der Waals surface area contributed by atoms with E-state index in [0.29, 0.717) is 6.04 Å². The van der Waals surface area contributed by atoms with Crippen LogP contribution in [-0.2, 0) is 0 Å². The van der Waals surface area contributed by atoms with E-state index in [9.17, 15) is 0 Å². The summed E-state index contributed by atoms with van der Waals surface area (Å²) >= 11 is 2.10. The highest BCUT2D eigenvalue weighted by atomic mass is 32.2. The Morgan fingerprint density at radius 3 is 2.81 bits per heavy atom. The van der Waals surface area contributed by atoms with Gasteiger partial charge in [0.25, 0.3) is 0 Å². The molecule has 3 heteroatoms. The van der Waals surface area contributed by atoms with Crippen LogP contribution >= 0.6 is 11.8 Å². The van der Waals surface area contributed by atoms with Crippen LogP contribution < -0.4 is 5.32 Å². The Morgan fingerprint density at radius 1 is 1.44 bits per heavy atom. The maximum absolute atomic E-state index is 3.64. The van der Waals surface area contributed by atoms with Gasteiger partial charge in [-0.1, -0.05) is 20.3 Å². The van der Waals surface area contributed by atoms with Crippen molar-refractivity contribution in [3.05, 3.63) is 0 Å². The predicted molar refractivity (Wildman–Crippen MR) is 75.3 cm³/mol. The summed E-state index contributed by atoms with van der Waals surface area (Å²) < 4.78 is 0. The van der Waals surface area contributed by atoms with Crippen molar-refractivity contribution >= 4 is 11.8 Å². The maximum atomic E-state index is 3.64. The first kappa shape index (κ1) is 14.3. The lowest BCUT2D eigenvalue weighted by Crippen LogP contribution is -2.48. The second-order valence-corrected chi connectivity index (χ2v) is 5.98. The van der Waals surface area contributed by atoms with Gasteiger partial charge in [-0.3, -0.25) is 4.90 Å². The summed E-state index contributed by atoms with van der Waals surface area (Å²) in [6.07, 6.45) is 3.91. The molecule has 0 aromatic rings. The summed E-state index contributed by atoms with van der Waals surface area (Å²) in [5.41, 5.74) is 0. The van der Waals surface area contributed by atoms with Crippen molar-refractivity contribution in [1.29, 1.82) is 0 Å². The Bertz CT molecular complexity index is 169. The number of hydrogen-bond donors (Lipinski definition) is 1. The number of thioether (sulfide) groups is 1. The van der Waals surface area contributed by atoms with Crippen LogP contribution in [0.5, 0.6) is 0 Å². The zero-order chi connectivity index (χ0) is 11.8. The molecule has 0 aliphatic carbocycles. The molecule has 2 unspecified atom stereocenters. The highest BCUT2D eigenvalue weighted by Gasteiger charge is 2.19. The van der Waals surface area contributed by atoms with Crippen LogP contribution in [0.25, 0.3) is 0 Å². The Morgan fingerprint density at radius 2 is 2.25 bits per heavy atom. The Hall–Kier alpha value is 0.270. The topological polar surface area (TPSA) is 15.3 Å². The molecule has 1 saturated heterocycles. The predicted octanol–water partition coefficient (Wildman–Crippen LogP) is 2.59. The number of hydrogen-bond acceptors (Lipinski definition) is 3. The summed E-state index contributed by atoms with van der Waals surface area (Å²) in [6, 6.07) is 1.45. The van der Waals surface area contributed by atoms with Gasteiger partial charge in [0, 0.05) is 36.7 Å². The van der Waals surface area contributed by atoms with Crippen molar-refractivity contribution in [3.8, 4) is 0 Å². The molecule has 0 aromatic heterocycles. The quantitative estimate of drug-likeness (QED) is 0.741. The minimum absolute atomic E-state index is 0.713. The molecule has 2 atom stereocenters. The minimum atomic E-state index is 0.713. The zero-order valence-corrected chi connectivity index (χ0v) is 12.0. The van der Waals surface area contributed by atoms with Gasteiger partial charge >= 0.3 is 0 Å². The molecule has 16 heavy (non-hydrogen) atoms. The van der Waals surface area contributed by atoms with Gasteiger partial charge in [-0.25, -0.2) is 0 Å². The molecule has 1 N–H and O–H groups in total. The number of rotatable bonds is 7. The molecular formula is C13H28N2S. The molecule has 0 radical (unpaired) electrons. The molecule has 1 rings (SSSR count). The lowest BCUT2D eigenvalue weighted by atomic mass is 10.1. The summed E-state index contributed by atoms with van der Waals surface area (Å²) in [4.78, 5) is 2.67. The molecule has 0 amide bonds. The molecule has 1 aliphatic heterocycles. The first-order valence-corrected chi connectivity index (χ1v) is 7.98. The fraction of sp³-hybridized carbons (Fsp3) is 1.00. The lowest BCUT2D eigenvalue weighted by molar-refractivity contribution is 0.184. The average molecular weight is 244 g/mol. The van der Waals surface area contributed by atoms with E-state index in [-0.39, 0.29) is 0 Å². The smallest absolute Gasteiger partial charge is 0.0286 e. The lowest BCUT2D eigenvalue weighted by Gasteiger charge is -2.34. The standard InChI is InChI=1S/C13H28N2S/c1-4-6-8-15(12(3)5-2)10-13-11-16-9-7-14-13/h12-14H,4-11H2,1-3H3. The third-order valence-electron chi connectivity index (χ3n) is 3.47.